The quantitative estimate of drug-likeness (QED) is 0.388. The summed E-state index contributed by atoms with van der Waals surface area (Å²) in [6.45, 7) is 3.58. The number of β-lactam (4-membered cyclic amide) rings is 1. The molecule has 0 saturated carbocycles. The zero-order valence-electron chi connectivity index (χ0n) is 13.4. The van der Waals surface area contributed by atoms with Crippen molar-refractivity contribution in [1.82, 2.24) is 9.80 Å². The van der Waals surface area contributed by atoms with Gasteiger partial charge in [0.1, 0.15) is 11.9 Å². The lowest BCUT2D eigenvalue weighted by Crippen LogP contribution is -2.61. The number of hydrogen-bond acceptors (Lipinski definition) is 5. The van der Waals surface area contributed by atoms with Crippen LogP contribution in [0.3, 0.4) is 0 Å². The molecule has 1 amide bonds. The van der Waals surface area contributed by atoms with Crippen LogP contribution in [0, 0.1) is 11.3 Å². The van der Waals surface area contributed by atoms with Crippen molar-refractivity contribution in [2.45, 2.75) is 43.8 Å². The number of alkyl halides is 1. The Kier molecular flexibility index (Phi) is 4.33. The number of carbonyl (C=O) groups excluding carboxylic acids is 1. The van der Waals surface area contributed by atoms with Crippen molar-refractivity contribution in [3.8, 4) is 0 Å². The van der Waals surface area contributed by atoms with Crippen LogP contribution in [0.15, 0.2) is 10.6 Å². The summed E-state index contributed by atoms with van der Waals surface area (Å²) >= 11 is 1.15. The standard InChI is InChI=1S/C15H20FN3O4S/c1-6(20)12-9-3-10(13(15(22)23)19(9)14(12)21)24-11-5-18(7(2)17)4-8(11)16/h6,8-9,11-12,17,20H,3-5H2,1-2H3,(H,22,23)/t6?,8?,9-,11?,12?/m1/s1. The lowest BCUT2D eigenvalue weighted by molar-refractivity contribution is -0.161. The molecule has 0 aromatic carbocycles. The van der Waals surface area contributed by atoms with Gasteiger partial charge in [0.05, 0.1) is 35.7 Å². The molecule has 5 atom stereocenters. The number of likely N-dealkylation sites (tertiary alicyclic amines) is 1. The monoisotopic (exact) mass is 357 g/mol. The maximum Gasteiger partial charge on any atom is 0.353 e. The number of amidine groups is 1. The van der Waals surface area contributed by atoms with Crippen LogP contribution in [-0.2, 0) is 9.59 Å². The van der Waals surface area contributed by atoms with Gasteiger partial charge in [0.2, 0.25) is 5.91 Å². The summed E-state index contributed by atoms with van der Waals surface area (Å²) in [6, 6.07) is -0.355. The fourth-order valence-electron chi connectivity index (χ4n) is 3.64. The third kappa shape index (κ3) is 2.59. The first kappa shape index (κ1) is 17.2. The third-order valence-electron chi connectivity index (χ3n) is 4.86. The van der Waals surface area contributed by atoms with E-state index in [1.165, 1.54) is 11.8 Å². The Morgan fingerprint density at radius 3 is 2.62 bits per heavy atom. The van der Waals surface area contributed by atoms with Gasteiger partial charge in [-0.1, -0.05) is 0 Å². The molecule has 0 aliphatic carbocycles. The van der Waals surface area contributed by atoms with E-state index < -0.39 is 29.4 Å². The fourth-order valence-corrected chi connectivity index (χ4v) is 5.06. The van der Waals surface area contributed by atoms with E-state index in [0.717, 1.165) is 11.8 Å². The molecule has 24 heavy (non-hydrogen) atoms. The molecular weight excluding hydrogens is 337 g/mol. The summed E-state index contributed by atoms with van der Waals surface area (Å²) in [5, 5.41) is 26.3. The molecule has 0 bridgehead atoms. The van der Waals surface area contributed by atoms with Crippen LogP contribution in [0.4, 0.5) is 4.39 Å². The van der Waals surface area contributed by atoms with E-state index in [1.54, 1.807) is 11.8 Å². The number of hydrogen-bond donors (Lipinski definition) is 3. The summed E-state index contributed by atoms with van der Waals surface area (Å²) in [4.78, 5) is 27.1. The topological polar surface area (TPSA) is 105 Å². The van der Waals surface area contributed by atoms with Crippen LogP contribution in [-0.4, -0.2) is 74.4 Å². The van der Waals surface area contributed by atoms with Gasteiger partial charge in [-0.3, -0.25) is 10.2 Å². The van der Waals surface area contributed by atoms with Gasteiger partial charge in [0.25, 0.3) is 0 Å². The number of aliphatic hydroxyl groups is 1. The number of carboxylic acids is 1. The minimum Gasteiger partial charge on any atom is -0.477 e. The highest BCUT2D eigenvalue weighted by molar-refractivity contribution is 8.03. The number of fused-ring (bicyclic) bond motifs is 1. The second-order valence-electron chi connectivity index (χ2n) is 6.49. The zero-order valence-corrected chi connectivity index (χ0v) is 14.2. The molecule has 2 saturated heterocycles. The Morgan fingerprint density at radius 1 is 1.46 bits per heavy atom. The Bertz CT molecular complexity index is 638. The van der Waals surface area contributed by atoms with Crippen molar-refractivity contribution >= 4 is 29.5 Å². The predicted molar refractivity (Wildman–Crippen MR) is 86.3 cm³/mol. The van der Waals surface area contributed by atoms with Crippen LogP contribution in [0.25, 0.3) is 0 Å². The van der Waals surface area contributed by atoms with Crippen LogP contribution in [0.2, 0.25) is 0 Å². The molecule has 0 aromatic rings. The molecule has 3 N–H and O–H groups in total. The molecule has 2 fully saturated rings. The van der Waals surface area contributed by atoms with Gasteiger partial charge in [0, 0.05) is 17.9 Å². The average molecular weight is 357 g/mol. The number of rotatable bonds is 4. The van der Waals surface area contributed by atoms with E-state index in [1.807, 2.05) is 0 Å². The molecule has 3 rings (SSSR count). The number of thioether (sulfide) groups is 1. The first-order valence-corrected chi connectivity index (χ1v) is 8.68. The molecule has 3 aliphatic heterocycles. The molecule has 4 unspecified atom stereocenters. The molecule has 7 nitrogen and oxygen atoms in total. The Labute approximate surface area is 143 Å². The Morgan fingerprint density at radius 2 is 2.12 bits per heavy atom. The maximum absolute atomic E-state index is 14.2. The van der Waals surface area contributed by atoms with E-state index in [0.29, 0.717) is 17.9 Å². The molecule has 3 heterocycles. The van der Waals surface area contributed by atoms with Crippen molar-refractivity contribution in [3.63, 3.8) is 0 Å². The largest absolute Gasteiger partial charge is 0.477 e. The summed E-state index contributed by atoms with van der Waals surface area (Å²) in [6.07, 6.45) is -1.66. The molecule has 9 heteroatoms. The van der Waals surface area contributed by atoms with Crippen molar-refractivity contribution in [2.24, 2.45) is 5.92 Å². The van der Waals surface area contributed by atoms with Crippen LogP contribution in [0.5, 0.6) is 0 Å². The number of nitrogens with zero attached hydrogens (tertiary/aromatic N) is 2. The number of aliphatic hydroxyl groups excluding tert-OH is 1. The molecule has 3 aliphatic rings. The van der Waals surface area contributed by atoms with Gasteiger partial charge in [0.15, 0.2) is 0 Å². The Hall–Kier alpha value is -1.61. The van der Waals surface area contributed by atoms with E-state index in [9.17, 15) is 24.2 Å². The van der Waals surface area contributed by atoms with Crippen LogP contribution < -0.4 is 0 Å². The minimum atomic E-state index is -1.20. The Balaban J connectivity index is 1.79. The van der Waals surface area contributed by atoms with Gasteiger partial charge in [-0.15, -0.1) is 11.8 Å². The second-order valence-corrected chi connectivity index (χ2v) is 7.82. The van der Waals surface area contributed by atoms with E-state index in [-0.39, 0.29) is 30.0 Å². The van der Waals surface area contributed by atoms with Gasteiger partial charge in [-0.05, 0) is 13.8 Å². The number of halogens is 1. The van der Waals surface area contributed by atoms with E-state index >= 15 is 0 Å². The highest BCUT2D eigenvalue weighted by Gasteiger charge is 2.57. The van der Waals surface area contributed by atoms with Crippen molar-refractivity contribution in [3.05, 3.63) is 10.6 Å². The number of carbonyl (C=O) groups is 2. The van der Waals surface area contributed by atoms with Crippen molar-refractivity contribution < 1.29 is 24.2 Å². The summed E-state index contributed by atoms with van der Waals surface area (Å²) in [7, 11) is 0. The molecule has 0 aromatic heterocycles. The van der Waals surface area contributed by atoms with Gasteiger partial charge in [-0.25, -0.2) is 9.18 Å². The lowest BCUT2D eigenvalue weighted by atomic mass is 9.83. The third-order valence-corrected chi connectivity index (χ3v) is 6.25. The number of nitrogens with one attached hydrogen (secondary N) is 1. The molecule has 132 valence electrons. The number of amides is 1. The van der Waals surface area contributed by atoms with Crippen molar-refractivity contribution in [2.75, 3.05) is 13.1 Å². The maximum atomic E-state index is 14.2. The highest BCUT2D eigenvalue weighted by Crippen LogP contribution is 2.48. The smallest absolute Gasteiger partial charge is 0.353 e. The SMILES string of the molecule is CC(=N)N1CC(F)C(SC2=C(C(=O)O)N3C(=O)C(C(C)O)[C@H]3C2)C1. The van der Waals surface area contributed by atoms with Crippen molar-refractivity contribution in [1.29, 1.82) is 5.41 Å². The zero-order chi connectivity index (χ0) is 17.8. The van der Waals surface area contributed by atoms with Gasteiger partial charge < -0.3 is 20.0 Å². The summed E-state index contributed by atoms with van der Waals surface area (Å²) in [5.74, 6) is -1.90. The lowest BCUT2D eigenvalue weighted by Gasteiger charge is -2.44. The summed E-state index contributed by atoms with van der Waals surface area (Å²) in [5.41, 5.74) is -0.0795. The average Bonchev–Trinajstić information content (AvgIpc) is 2.98. The number of carboxylic acid groups (broad SMARTS) is 1. The van der Waals surface area contributed by atoms with E-state index in [4.69, 9.17) is 5.41 Å². The minimum absolute atomic E-state index is 0.0795. The van der Waals surface area contributed by atoms with Crippen LogP contribution >= 0.6 is 11.8 Å². The summed E-state index contributed by atoms with van der Waals surface area (Å²) < 4.78 is 14.2. The first-order chi connectivity index (χ1) is 11.2. The highest BCUT2D eigenvalue weighted by atomic mass is 32.2. The van der Waals surface area contributed by atoms with Gasteiger partial charge >= 0.3 is 5.97 Å². The molecular formula is C15H20FN3O4S. The fraction of sp³-hybridized carbons (Fsp3) is 0.667. The van der Waals surface area contributed by atoms with E-state index in [2.05, 4.69) is 0 Å². The molecule has 0 radical (unpaired) electrons. The number of aliphatic carboxylic acids is 1. The van der Waals surface area contributed by atoms with Gasteiger partial charge in [-0.2, -0.15) is 0 Å². The second kappa shape index (κ2) is 6.03. The predicted octanol–water partition coefficient (Wildman–Crippen LogP) is 0.647. The molecule has 0 spiro atoms. The first-order valence-electron chi connectivity index (χ1n) is 7.80. The normalized spacial score (nSPS) is 33.6. The van der Waals surface area contributed by atoms with Crippen LogP contribution in [0.1, 0.15) is 20.3 Å².